The molecule has 1 aliphatic rings. The lowest BCUT2D eigenvalue weighted by Gasteiger charge is -2.31. The Bertz CT molecular complexity index is 410. The highest BCUT2D eigenvalue weighted by molar-refractivity contribution is 6.06. The molecule has 102 valence electrons. The minimum absolute atomic E-state index is 0.537. The third-order valence-electron chi connectivity index (χ3n) is 3.26. The fraction of sp³-hybridized carbons (Fsp3) is 0.375. The second kappa shape index (κ2) is 5.83. The second-order valence-electron chi connectivity index (χ2n) is 4.42. The van der Waals surface area contributed by atoms with Crippen molar-refractivity contribution in [2.45, 2.75) is 27.7 Å². The first kappa shape index (κ1) is 15.2. The first-order valence-corrected chi connectivity index (χ1v) is 6.36. The van der Waals surface area contributed by atoms with Gasteiger partial charge in [0.1, 0.15) is 10.8 Å². The topological polar surface area (TPSA) is 43.4 Å². The average Bonchev–Trinajstić information content (AvgIpc) is 2.54. The molecular formula is C16H20O3. The maximum absolute atomic E-state index is 12.2. The van der Waals surface area contributed by atoms with Gasteiger partial charge in [-0.25, -0.2) is 0 Å². The molecule has 0 spiro atoms. The van der Waals surface area contributed by atoms with Gasteiger partial charge in [0.15, 0.2) is 0 Å². The van der Waals surface area contributed by atoms with Gasteiger partial charge in [-0.05, 0) is 27.7 Å². The summed E-state index contributed by atoms with van der Waals surface area (Å²) in [5.41, 5.74) is -2.21. The van der Waals surface area contributed by atoms with Gasteiger partial charge in [0.25, 0.3) is 0 Å². The molecule has 19 heavy (non-hydrogen) atoms. The quantitative estimate of drug-likeness (QED) is 0.442. The van der Waals surface area contributed by atoms with Crippen LogP contribution in [0.1, 0.15) is 27.7 Å². The van der Waals surface area contributed by atoms with Crippen LogP contribution in [0.15, 0.2) is 48.6 Å². The van der Waals surface area contributed by atoms with Gasteiger partial charge in [-0.3, -0.25) is 9.59 Å². The maximum Gasteiger partial charge on any atom is 0.329 e. The molecule has 1 heterocycles. The van der Waals surface area contributed by atoms with E-state index in [2.05, 4.69) is 0 Å². The van der Waals surface area contributed by atoms with E-state index in [1.54, 1.807) is 48.6 Å². The Kier molecular flexibility index (Phi) is 4.65. The third-order valence-corrected chi connectivity index (χ3v) is 3.26. The van der Waals surface area contributed by atoms with Crippen LogP contribution in [0, 0.1) is 10.8 Å². The van der Waals surface area contributed by atoms with Crippen molar-refractivity contribution in [2.75, 3.05) is 0 Å². The lowest BCUT2D eigenvalue weighted by atomic mass is 9.63. The molecule has 0 N–H and O–H groups in total. The summed E-state index contributed by atoms with van der Waals surface area (Å²) < 4.78 is 4.92. The SMILES string of the molecule is C/C=C/C1(/C=C/C)C(=O)OC(=O)C1(/C=C/C)/C=C/C. The molecule has 0 atom stereocenters. The minimum atomic E-state index is -1.10. The molecule has 1 rings (SSSR count). The molecular weight excluding hydrogens is 240 g/mol. The maximum atomic E-state index is 12.2. The summed E-state index contributed by atoms with van der Waals surface area (Å²) in [5.74, 6) is -1.07. The highest BCUT2D eigenvalue weighted by Crippen LogP contribution is 2.51. The zero-order chi connectivity index (χ0) is 14.5. The van der Waals surface area contributed by atoms with Crippen LogP contribution in [0.4, 0.5) is 0 Å². The van der Waals surface area contributed by atoms with Gasteiger partial charge in [-0.2, -0.15) is 0 Å². The monoisotopic (exact) mass is 260 g/mol. The standard InChI is InChI=1S/C16H20O3/c1-5-9-15(10-6-2)13(17)19-14(18)16(15,11-7-3)12-8-4/h5-12H,1-4H3/b9-5+,10-6+,11-7+,12-8+. The number of ether oxygens (including phenoxy) is 1. The summed E-state index contributed by atoms with van der Waals surface area (Å²) in [5, 5.41) is 0. The molecule has 1 saturated heterocycles. The molecule has 1 aliphatic heterocycles. The number of cyclic esters (lactones) is 2. The summed E-state index contributed by atoms with van der Waals surface area (Å²) in [6.07, 6.45) is 14.0. The van der Waals surface area contributed by atoms with Gasteiger partial charge in [0.05, 0.1) is 0 Å². The van der Waals surface area contributed by atoms with Gasteiger partial charge in [0.2, 0.25) is 0 Å². The molecule has 0 bridgehead atoms. The van der Waals surface area contributed by atoms with E-state index >= 15 is 0 Å². The van der Waals surface area contributed by atoms with Crippen LogP contribution in [0.25, 0.3) is 0 Å². The van der Waals surface area contributed by atoms with E-state index in [-0.39, 0.29) is 0 Å². The van der Waals surface area contributed by atoms with Crippen molar-refractivity contribution < 1.29 is 14.3 Å². The van der Waals surface area contributed by atoms with Crippen molar-refractivity contribution in [3.8, 4) is 0 Å². The van der Waals surface area contributed by atoms with Crippen molar-refractivity contribution in [2.24, 2.45) is 10.8 Å². The van der Waals surface area contributed by atoms with E-state index in [0.29, 0.717) is 0 Å². The van der Waals surface area contributed by atoms with E-state index in [9.17, 15) is 9.59 Å². The predicted octanol–water partition coefficient (Wildman–Crippen LogP) is 3.35. The molecule has 0 aliphatic carbocycles. The van der Waals surface area contributed by atoms with E-state index in [1.807, 2.05) is 27.7 Å². The highest BCUT2D eigenvalue weighted by atomic mass is 16.6. The summed E-state index contributed by atoms with van der Waals surface area (Å²) >= 11 is 0. The zero-order valence-electron chi connectivity index (χ0n) is 11.8. The molecule has 0 amide bonds. The Morgan fingerprint density at radius 3 is 1.16 bits per heavy atom. The second-order valence-corrected chi connectivity index (χ2v) is 4.42. The number of carbonyl (C=O) groups is 2. The fourth-order valence-electron chi connectivity index (χ4n) is 2.58. The molecule has 0 unspecified atom stereocenters. The van der Waals surface area contributed by atoms with Crippen molar-refractivity contribution in [3.05, 3.63) is 48.6 Å². The Morgan fingerprint density at radius 2 is 0.947 bits per heavy atom. The zero-order valence-corrected chi connectivity index (χ0v) is 11.8. The predicted molar refractivity (Wildman–Crippen MR) is 75.2 cm³/mol. The van der Waals surface area contributed by atoms with Crippen LogP contribution in [-0.4, -0.2) is 11.9 Å². The number of carbonyl (C=O) groups excluding carboxylic acids is 2. The van der Waals surface area contributed by atoms with Crippen molar-refractivity contribution in [3.63, 3.8) is 0 Å². The Morgan fingerprint density at radius 1 is 0.684 bits per heavy atom. The largest absolute Gasteiger partial charge is 0.391 e. The lowest BCUT2D eigenvalue weighted by Crippen LogP contribution is -2.39. The van der Waals surface area contributed by atoms with Crippen LogP contribution in [0.5, 0.6) is 0 Å². The van der Waals surface area contributed by atoms with Crippen molar-refractivity contribution >= 4 is 11.9 Å². The lowest BCUT2D eigenvalue weighted by molar-refractivity contribution is -0.154. The molecule has 3 nitrogen and oxygen atoms in total. The van der Waals surface area contributed by atoms with Crippen LogP contribution < -0.4 is 0 Å². The summed E-state index contributed by atoms with van der Waals surface area (Å²) in [6, 6.07) is 0. The molecule has 0 aromatic rings. The summed E-state index contributed by atoms with van der Waals surface area (Å²) in [4.78, 5) is 24.5. The number of allylic oxidation sites excluding steroid dienone is 4. The minimum Gasteiger partial charge on any atom is -0.391 e. The van der Waals surface area contributed by atoms with Crippen molar-refractivity contribution in [1.82, 2.24) is 0 Å². The summed E-state index contributed by atoms with van der Waals surface area (Å²) in [7, 11) is 0. The first-order valence-electron chi connectivity index (χ1n) is 6.36. The molecule has 1 fully saturated rings. The van der Waals surface area contributed by atoms with Crippen LogP contribution >= 0.6 is 0 Å². The third kappa shape index (κ3) is 2.09. The highest BCUT2D eigenvalue weighted by Gasteiger charge is 2.63. The molecule has 0 radical (unpaired) electrons. The summed E-state index contributed by atoms with van der Waals surface area (Å²) in [6.45, 7) is 7.27. The number of hydrogen-bond donors (Lipinski definition) is 0. The first-order chi connectivity index (χ1) is 9.04. The van der Waals surface area contributed by atoms with Gasteiger partial charge in [-0.15, -0.1) is 0 Å². The van der Waals surface area contributed by atoms with Gasteiger partial charge in [0, 0.05) is 0 Å². The molecule has 0 aromatic carbocycles. The number of rotatable bonds is 4. The van der Waals surface area contributed by atoms with Crippen LogP contribution in [0.2, 0.25) is 0 Å². The average molecular weight is 260 g/mol. The van der Waals surface area contributed by atoms with Gasteiger partial charge in [-0.1, -0.05) is 48.6 Å². The van der Waals surface area contributed by atoms with E-state index in [0.717, 1.165) is 0 Å². The number of hydrogen-bond acceptors (Lipinski definition) is 3. The van der Waals surface area contributed by atoms with Crippen LogP contribution in [0.3, 0.4) is 0 Å². The van der Waals surface area contributed by atoms with Crippen molar-refractivity contribution in [1.29, 1.82) is 0 Å². The normalized spacial score (nSPS) is 22.3. The van der Waals surface area contributed by atoms with Gasteiger partial charge < -0.3 is 4.74 Å². The van der Waals surface area contributed by atoms with Gasteiger partial charge >= 0.3 is 11.9 Å². The van der Waals surface area contributed by atoms with E-state index < -0.39 is 22.8 Å². The Labute approximate surface area is 114 Å². The molecule has 3 heteroatoms. The number of esters is 2. The molecule has 0 saturated carbocycles. The van der Waals surface area contributed by atoms with E-state index in [4.69, 9.17) is 4.74 Å². The van der Waals surface area contributed by atoms with E-state index in [1.165, 1.54) is 0 Å². The fourth-order valence-corrected chi connectivity index (χ4v) is 2.58. The van der Waals surface area contributed by atoms with Crippen LogP contribution in [-0.2, 0) is 14.3 Å². The molecule has 0 aromatic heterocycles. The Hall–Kier alpha value is -1.90. The smallest absolute Gasteiger partial charge is 0.329 e. The Balaban J connectivity index is 3.70.